The van der Waals surface area contributed by atoms with Gasteiger partial charge < -0.3 is 15.2 Å². The molecule has 15 heavy (non-hydrogen) atoms. The van der Waals surface area contributed by atoms with Gasteiger partial charge in [-0.1, -0.05) is 0 Å². The second-order valence-corrected chi connectivity index (χ2v) is 4.46. The molecule has 0 aliphatic carbocycles. The zero-order valence-corrected chi connectivity index (χ0v) is 10.0. The van der Waals surface area contributed by atoms with E-state index < -0.39 is 0 Å². The van der Waals surface area contributed by atoms with Gasteiger partial charge in [0, 0.05) is 32.3 Å². The molecular weight excluding hydrogens is 216 g/mol. The van der Waals surface area contributed by atoms with Crippen LogP contribution in [0.4, 0.5) is 0 Å². The topological polar surface area (TPSA) is 44.7 Å². The maximum absolute atomic E-state index is 9.70. The fraction of sp³-hybridized carbons (Fsp3) is 1.00. The van der Waals surface area contributed by atoms with E-state index in [2.05, 4.69) is 17.3 Å². The third-order valence-electron chi connectivity index (χ3n) is 3.29. The Morgan fingerprint density at radius 3 is 2.80 bits per heavy atom. The molecular formula is C10H21ClN2O2. The number of rotatable bonds is 3. The van der Waals surface area contributed by atoms with Crippen LogP contribution in [0.2, 0.25) is 0 Å². The Morgan fingerprint density at radius 2 is 2.27 bits per heavy atom. The molecule has 90 valence electrons. The normalized spacial score (nSPS) is 35.8. The lowest BCUT2D eigenvalue weighted by Gasteiger charge is -2.28. The highest BCUT2D eigenvalue weighted by molar-refractivity contribution is 5.85. The van der Waals surface area contributed by atoms with Crippen LogP contribution in [-0.2, 0) is 4.74 Å². The van der Waals surface area contributed by atoms with Gasteiger partial charge >= 0.3 is 0 Å². The second kappa shape index (κ2) is 6.01. The number of hydrogen-bond acceptors (Lipinski definition) is 4. The standard InChI is InChI=1S/C10H20N2O2.ClH/c1-12(6-8-2-3-14-7-8)9-4-11-5-10(9)13;/h8-11,13H,2-7H2,1H3;1H/t8?,9-,10-;/m1./s1. The van der Waals surface area contributed by atoms with E-state index in [-0.39, 0.29) is 24.6 Å². The van der Waals surface area contributed by atoms with Gasteiger partial charge in [0.2, 0.25) is 0 Å². The van der Waals surface area contributed by atoms with Gasteiger partial charge in [0.05, 0.1) is 12.7 Å². The lowest BCUT2D eigenvalue weighted by atomic mass is 10.1. The molecule has 2 aliphatic heterocycles. The molecule has 3 atom stereocenters. The average Bonchev–Trinajstić information content (AvgIpc) is 2.75. The van der Waals surface area contributed by atoms with Crippen LogP contribution in [0.3, 0.4) is 0 Å². The van der Waals surface area contributed by atoms with Crippen molar-refractivity contribution in [2.24, 2.45) is 5.92 Å². The van der Waals surface area contributed by atoms with E-state index in [1.807, 2.05) is 0 Å². The van der Waals surface area contributed by atoms with Crippen LogP contribution in [0, 0.1) is 5.92 Å². The van der Waals surface area contributed by atoms with E-state index in [0.29, 0.717) is 5.92 Å². The summed E-state index contributed by atoms with van der Waals surface area (Å²) in [5.74, 6) is 0.660. The van der Waals surface area contributed by atoms with E-state index in [1.165, 1.54) is 6.42 Å². The van der Waals surface area contributed by atoms with Crippen molar-refractivity contribution in [2.45, 2.75) is 18.6 Å². The Bertz CT molecular complexity index is 188. The van der Waals surface area contributed by atoms with Crippen molar-refractivity contribution in [1.82, 2.24) is 10.2 Å². The number of likely N-dealkylation sites (N-methyl/N-ethyl adjacent to an activating group) is 1. The summed E-state index contributed by atoms with van der Waals surface area (Å²) in [4.78, 5) is 2.27. The molecule has 2 fully saturated rings. The van der Waals surface area contributed by atoms with Crippen molar-refractivity contribution < 1.29 is 9.84 Å². The molecule has 2 N–H and O–H groups in total. The molecule has 5 heteroatoms. The number of aliphatic hydroxyl groups is 1. The molecule has 2 rings (SSSR count). The average molecular weight is 237 g/mol. The zero-order chi connectivity index (χ0) is 9.97. The second-order valence-electron chi connectivity index (χ2n) is 4.46. The summed E-state index contributed by atoms with van der Waals surface area (Å²) in [6.45, 7) is 4.48. The van der Waals surface area contributed by atoms with Crippen LogP contribution >= 0.6 is 12.4 Å². The number of hydrogen-bond donors (Lipinski definition) is 2. The number of halogens is 1. The summed E-state index contributed by atoms with van der Waals surface area (Å²) in [6, 6.07) is 0.288. The van der Waals surface area contributed by atoms with E-state index in [9.17, 15) is 5.11 Å². The first kappa shape index (κ1) is 13.2. The largest absolute Gasteiger partial charge is 0.390 e. The number of ether oxygens (including phenoxy) is 1. The van der Waals surface area contributed by atoms with Crippen molar-refractivity contribution in [3.05, 3.63) is 0 Å². The van der Waals surface area contributed by atoms with Gasteiger partial charge in [-0.05, 0) is 19.4 Å². The molecule has 0 bridgehead atoms. The minimum Gasteiger partial charge on any atom is -0.390 e. The minimum atomic E-state index is -0.206. The predicted molar refractivity (Wildman–Crippen MR) is 61.5 cm³/mol. The molecule has 0 saturated carbocycles. The minimum absolute atomic E-state index is 0. The first-order valence-corrected chi connectivity index (χ1v) is 5.44. The van der Waals surface area contributed by atoms with Crippen LogP contribution in [-0.4, -0.2) is 62.0 Å². The molecule has 2 saturated heterocycles. The maximum atomic E-state index is 9.70. The van der Waals surface area contributed by atoms with Crippen LogP contribution in [0.1, 0.15) is 6.42 Å². The van der Waals surface area contributed by atoms with Gasteiger partial charge in [0.15, 0.2) is 0 Å². The smallest absolute Gasteiger partial charge is 0.0831 e. The van der Waals surface area contributed by atoms with E-state index in [0.717, 1.165) is 32.8 Å². The molecule has 0 amide bonds. The van der Waals surface area contributed by atoms with Crippen LogP contribution in [0.5, 0.6) is 0 Å². The quantitative estimate of drug-likeness (QED) is 0.707. The highest BCUT2D eigenvalue weighted by Crippen LogP contribution is 2.16. The lowest BCUT2D eigenvalue weighted by Crippen LogP contribution is -2.43. The highest BCUT2D eigenvalue weighted by Gasteiger charge is 2.30. The molecule has 4 nitrogen and oxygen atoms in total. The Kier molecular flexibility index (Phi) is 5.29. The maximum Gasteiger partial charge on any atom is 0.0831 e. The Morgan fingerprint density at radius 1 is 1.47 bits per heavy atom. The van der Waals surface area contributed by atoms with Crippen molar-refractivity contribution >= 4 is 12.4 Å². The molecule has 0 aromatic carbocycles. The van der Waals surface area contributed by atoms with Crippen LogP contribution < -0.4 is 5.32 Å². The van der Waals surface area contributed by atoms with Gasteiger partial charge in [-0.3, -0.25) is 4.90 Å². The third kappa shape index (κ3) is 3.29. The molecule has 0 aromatic heterocycles. The van der Waals surface area contributed by atoms with Gasteiger partial charge in [0.1, 0.15) is 0 Å². The summed E-state index contributed by atoms with van der Waals surface area (Å²) >= 11 is 0. The van der Waals surface area contributed by atoms with Crippen molar-refractivity contribution in [2.75, 3.05) is 39.9 Å². The molecule has 0 aromatic rings. The Labute approximate surface area is 97.4 Å². The van der Waals surface area contributed by atoms with Gasteiger partial charge in [-0.15, -0.1) is 12.4 Å². The molecule has 1 unspecified atom stereocenters. The number of aliphatic hydroxyl groups excluding tert-OH is 1. The summed E-state index contributed by atoms with van der Waals surface area (Å²) in [5, 5.41) is 12.9. The third-order valence-corrected chi connectivity index (χ3v) is 3.29. The van der Waals surface area contributed by atoms with E-state index >= 15 is 0 Å². The van der Waals surface area contributed by atoms with Crippen molar-refractivity contribution in [3.63, 3.8) is 0 Å². The van der Waals surface area contributed by atoms with Gasteiger partial charge in [-0.2, -0.15) is 0 Å². The van der Waals surface area contributed by atoms with E-state index in [1.54, 1.807) is 0 Å². The summed E-state index contributed by atoms with van der Waals surface area (Å²) in [7, 11) is 2.10. The first-order chi connectivity index (χ1) is 6.77. The first-order valence-electron chi connectivity index (χ1n) is 5.44. The monoisotopic (exact) mass is 236 g/mol. The van der Waals surface area contributed by atoms with Crippen LogP contribution in [0.15, 0.2) is 0 Å². The summed E-state index contributed by atoms with van der Waals surface area (Å²) in [5.41, 5.74) is 0. The fourth-order valence-electron chi connectivity index (χ4n) is 2.37. The zero-order valence-electron chi connectivity index (χ0n) is 9.19. The number of nitrogens with zero attached hydrogens (tertiary/aromatic N) is 1. The van der Waals surface area contributed by atoms with Crippen molar-refractivity contribution in [3.8, 4) is 0 Å². The predicted octanol–water partition coefficient (Wildman–Crippen LogP) is -0.291. The number of nitrogens with one attached hydrogen (secondary N) is 1. The lowest BCUT2D eigenvalue weighted by molar-refractivity contribution is 0.0864. The van der Waals surface area contributed by atoms with E-state index in [4.69, 9.17) is 4.74 Å². The molecule has 2 heterocycles. The van der Waals surface area contributed by atoms with Crippen LogP contribution in [0.25, 0.3) is 0 Å². The summed E-state index contributed by atoms with van der Waals surface area (Å²) < 4.78 is 5.34. The number of β-amino-alcohol motifs (C(OH)–C–C–N with tert-alkyl or cyclic N) is 1. The molecule has 0 spiro atoms. The molecule has 0 radical (unpaired) electrons. The Hall–Kier alpha value is 0.130. The fourth-order valence-corrected chi connectivity index (χ4v) is 2.37. The Balaban J connectivity index is 0.00000112. The highest BCUT2D eigenvalue weighted by atomic mass is 35.5. The van der Waals surface area contributed by atoms with Gasteiger partial charge in [-0.25, -0.2) is 0 Å². The van der Waals surface area contributed by atoms with Gasteiger partial charge in [0.25, 0.3) is 0 Å². The summed E-state index contributed by atoms with van der Waals surface area (Å²) in [6.07, 6.45) is 0.961. The molecule has 2 aliphatic rings. The van der Waals surface area contributed by atoms with Crippen molar-refractivity contribution in [1.29, 1.82) is 0 Å². The SMILES string of the molecule is CN(CC1CCOC1)[C@@H]1CNC[C@H]1O.Cl.